The van der Waals surface area contributed by atoms with Gasteiger partial charge in [-0.1, -0.05) is 29.8 Å². The maximum Gasteiger partial charge on any atom is 0.247 e. The number of halogens is 1. The van der Waals surface area contributed by atoms with Crippen molar-refractivity contribution >= 4 is 29.3 Å². The van der Waals surface area contributed by atoms with E-state index in [1.54, 1.807) is 12.1 Å². The van der Waals surface area contributed by atoms with Crippen LogP contribution >= 0.6 is 11.8 Å². The number of nitrogens with one attached hydrogen (secondary N) is 2. The van der Waals surface area contributed by atoms with Crippen LogP contribution in [0.25, 0.3) is 0 Å². The number of thioether (sulfide) groups is 1. The van der Waals surface area contributed by atoms with Crippen LogP contribution in [0.15, 0.2) is 42.5 Å². The Morgan fingerprint density at radius 3 is 2.62 bits per heavy atom. The number of benzene rings is 2. The molecule has 4 nitrogen and oxygen atoms in total. The fourth-order valence-electron chi connectivity index (χ4n) is 2.90. The van der Waals surface area contributed by atoms with Gasteiger partial charge in [-0.25, -0.2) is 4.39 Å². The predicted octanol–water partition coefficient (Wildman–Crippen LogP) is 3.22. The normalized spacial score (nSPS) is 19.7. The highest BCUT2D eigenvalue weighted by Crippen LogP contribution is 2.23. The first kappa shape index (κ1) is 18.5. The summed E-state index contributed by atoms with van der Waals surface area (Å²) >= 11 is 1.46. The molecule has 1 aliphatic rings. The molecule has 0 aromatic heterocycles. The summed E-state index contributed by atoms with van der Waals surface area (Å²) in [6, 6.07) is 11.4. The van der Waals surface area contributed by atoms with Crippen LogP contribution in [0.1, 0.15) is 16.7 Å². The second kappa shape index (κ2) is 7.91. The van der Waals surface area contributed by atoms with Gasteiger partial charge in [0.05, 0.1) is 5.25 Å². The highest BCUT2D eigenvalue weighted by atomic mass is 32.2. The molecule has 2 atom stereocenters. The molecule has 2 unspecified atom stereocenters. The van der Waals surface area contributed by atoms with Gasteiger partial charge in [-0.3, -0.25) is 9.59 Å². The first-order valence-electron chi connectivity index (χ1n) is 8.47. The lowest BCUT2D eigenvalue weighted by Gasteiger charge is -2.28. The van der Waals surface area contributed by atoms with Crippen LogP contribution in [0, 0.1) is 19.7 Å². The van der Waals surface area contributed by atoms with E-state index in [1.165, 1.54) is 23.9 Å². The van der Waals surface area contributed by atoms with Gasteiger partial charge in [0.1, 0.15) is 11.9 Å². The van der Waals surface area contributed by atoms with Gasteiger partial charge in [0.2, 0.25) is 11.8 Å². The number of carbonyl (C=O) groups excluding carboxylic acids is 2. The molecule has 2 aromatic carbocycles. The summed E-state index contributed by atoms with van der Waals surface area (Å²) in [5.74, 6) is -0.157. The van der Waals surface area contributed by atoms with Gasteiger partial charge in [0, 0.05) is 11.4 Å². The Bertz CT molecular complexity index is 823. The molecule has 26 heavy (non-hydrogen) atoms. The maximum atomic E-state index is 13.0. The summed E-state index contributed by atoms with van der Waals surface area (Å²) in [6.07, 6.45) is 0.516. The fraction of sp³-hybridized carbons (Fsp3) is 0.300. The Kier molecular flexibility index (Phi) is 5.61. The van der Waals surface area contributed by atoms with Crippen LogP contribution in [0.4, 0.5) is 10.1 Å². The molecule has 3 rings (SSSR count). The first-order chi connectivity index (χ1) is 12.4. The summed E-state index contributed by atoms with van der Waals surface area (Å²) < 4.78 is 13.0. The van der Waals surface area contributed by atoms with Gasteiger partial charge in [-0.15, -0.1) is 11.8 Å². The highest BCUT2D eigenvalue weighted by molar-refractivity contribution is 8.00. The van der Waals surface area contributed by atoms with Gasteiger partial charge >= 0.3 is 0 Å². The monoisotopic (exact) mass is 372 g/mol. The summed E-state index contributed by atoms with van der Waals surface area (Å²) in [7, 11) is 0. The highest BCUT2D eigenvalue weighted by Gasteiger charge is 2.32. The van der Waals surface area contributed by atoms with E-state index in [1.807, 2.05) is 32.0 Å². The lowest BCUT2D eigenvalue weighted by atomic mass is 10.1. The molecule has 2 amide bonds. The predicted molar refractivity (Wildman–Crippen MR) is 103 cm³/mol. The summed E-state index contributed by atoms with van der Waals surface area (Å²) in [6.45, 7) is 3.94. The number of rotatable bonds is 4. The minimum atomic E-state index is -0.558. The van der Waals surface area contributed by atoms with E-state index < -0.39 is 6.04 Å². The zero-order valence-corrected chi connectivity index (χ0v) is 15.5. The zero-order valence-electron chi connectivity index (χ0n) is 14.7. The van der Waals surface area contributed by atoms with Gasteiger partial charge in [-0.05, 0) is 49.6 Å². The number of hydrogen-bond donors (Lipinski definition) is 2. The molecule has 0 bridgehead atoms. The van der Waals surface area contributed by atoms with E-state index in [0.29, 0.717) is 12.2 Å². The van der Waals surface area contributed by atoms with E-state index in [0.717, 1.165) is 22.4 Å². The third kappa shape index (κ3) is 4.43. The van der Waals surface area contributed by atoms with Crippen LogP contribution in [-0.2, 0) is 16.0 Å². The Morgan fingerprint density at radius 1 is 1.23 bits per heavy atom. The van der Waals surface area contributed by atoms with Crippen molar-refractivity contribution in [3.8, 4) is 0 Å². The quantitative estimate of drug-likeness (QED) is 0.866. The van der Waals surface area contributed by atoms with Crippen molar-refractivity contribution in [1.82, 2.24) is 5.32 Å². The third-order valence-corrected chi connectivity index (χ3v) is 5.67. The van der Waals surface area contributed by atoms with Gasteiger partial charge in [0.15, 0.2) is 0 Å². The maximum absolute atomic E-state index is 13.0. The molecular weight excluding hydrogens is 351 g/mol. The Balaban J connectivity index is 1.58. The summed E-state index contributed by atoms with van der Waals surface area (Å²) in [5, 5.41) is 5.42. The SMILES string of the molecule is Cc1ccc(NC(=O)C2CSC(Cc3ccc(F)cc3)C(=O)N2)c(C)c1. The zero-order chi connectivity index (χ0) is 18.7. The second-order valence-corrected chi connectivity index (χ2v) is 7.76. The Morgan fingerprint density at radius 2 is 1.96 bits per heavy atom. The molecule has 0 saturated carbocycles. The number of aryl methyl sites for hydroxylation is 2. The van der Waals surface area contributed by atoms with Gasteiger partial charge in [0.25, 0.3) is 0 Å². The number of amides is 2. The molecule has 136 valence electrons. The number of hydrogen-bond acceptors (Lipinski definition) is 3. The molecule has 1 heterocycles. The minimum absolute atomic E-state index is 0.161. The largest absolute Gasteiger partial charge is 0.343 e. The van der Waals surface area contributed by atoms with Crippen molar-refractivity contribution in [2.75, 3.05) is 11.1 Å². The summed E-state index contributed by atoms with van der Waals surface area (Å²) in [4.78, 5) is 24.8. The molecule has 1 aliphatic heterocycles. The van der Waals surface area contributed by atoms with E-state index in [2.05, 4.69) is 10.6 Å². The van der Waals surface area contributed by atoms with Gasteiger partial charge in [-0.2, -0.15) is 0 Å². The van der Waals surface area contributed by atoms with Crippen LogP contribution in [0.5, 0.6) is 0 Å². The van der Waals surface area contributed by atoms with Crippen molar-refractivity contribution < 1.29 is 14.0 Å². The first-order valence-corrected chi connectivity index (χ1v) is 9.52. The molecule has 2 N–H and O–H groups in total. The lowest BCUT2D eigenvalue weighted by Crippen LogP contribution is -2.52. The third-order valence-electron chi connectivity index (χ3n) is 4.36. The minimum Gasteiger partial charge on any atom is -0.343 e. The molecule has 6 heteroatoms. The van der Waals surface area contributed by atoms with Gasteiger partial charge < -0.3 is 10.6 Å². The number of anilines is 1. The van der Waals surface area contributed by atoms with Crippen LogP contribution in [0.3, 0.4) is 0 Å². The topological polar surface area (TPSA) is 58.2 Å². The Hall–Kier alpha value is -2.34. The standard InChI is InChI=1S/C20H21FN2O2S/c1-12-3-8-16(13(2)9-12)22-19(24)17-11-26-18(20(25)23-17)10-14-4-6-15(21)7-5-14/h3-9,17-18H,10-11H2,1-2H3,(H,22,24)(H,23,25). The average Bonchev–Trinajstić information content (AvgIpc) is 2.61. The second-order valence-electron chi connectivity index (χ2n) is 6.52. The van der Waals surface area contributed by atoms with Crippen molar-refractivity contribution in [2.45, 2.75) is 31.6 Å². The van der Waals surface area contributed by atoms with Crippen LogP contribution in [-0.4, -0.2) is 28.9 Å². The molecular formula is C20H21FN2O2S. The molecule has 1 fully saturated rings. The van der Waals surface area contributed by atoms with Crippen molar-refractivity contribution in [2.24, 2.45) is 0 Å². The van der Waals surface area contributed by atoms with Crippen molar-refractivity contribution in [1.29, 1.82) is 0 Å². The molecule has 0 radical (unpaired) electrons. The fourth-order valence-corrected chi connectivity index (χ4v) is 4.08. The van der Waals surface area contributed by atoms with E-state index in [4.69, 9.17) is 0 Å². The molecule has 0 spiro atoms. The van der Waals surface area contributed by atoms with E-state index in [-0.39, 0.29) is 22.9 Å². The molecule has 2 aromatic rings. The van der Waals surface area contributed by atoms with E-state index in [9.17, 15) is 14.0 Å². The smallest absolute Gasteiger partial charge is 0.247 e. The number of carbonyl (C=O) groups is 2. The lowest BCUT2D eigenvalue weighted by molar-refractivity contribution is -0.126. The van der Waals surface area contributed by atoms with E-state index >= 15 is 0 Å². The summed E-state index contributed by atoms with van der Waals surface area (Å²) in [5.41, 5.74) is 3.78. The van der Waals surface area contributed by atoms with Crippen LogP contribution < -0.4 is 10.6 Å². The Labute approximate surface area is 156 Å². The average molecular weight is 372 g/mol. The van der Waals surface area contributed by atoms with Crippen molar-refractivity contribution in [3.05, 3.63) is 65.0 Å². The molecule has 1 saturated heterocycles. The van der Waals surface area contributed by atoms with Crippen LogP contribution in [0.2, 0.25) is 0 Å². The molecule has 0 aliphatic carbocycles. The van der Waals surface area contributed by atoms with Crippen molar-refractivity contribution in [3.63, 3.8) is 0 Å².